The van der Waals surface area contributed by atoms with E-state index >= 15 is 0 Å². The number of hydrogen-bond acceptors (Lipinski definition) is 4. The topological polar surface area (TPSA) is 59.6 Å². The monoisotopic (exact) mass is 348 g/mol. The third kappa shape index (κ3) is 6.58. The van der Waals surface area contributed by atoms with Gasteiger partial charge in [0, 0.05) is 12.1 Å². The normalized spacial score (nSPS) is 17.4. The van der Waals surface area contributed by atoms with Crippen molar-refractivity contribution in [1.29, 1.82) is 0 Å². The third-order valence-corrected chi connectivity index (χ3v) is 4.62. The maximum absolute atomic E-state index is 12.3. The zero-order chi connectivity index (χ0) is 18.1. The molecule has 1 heterocycles. The average molecular weight is 348 g/mol. The molecule has 1 fully saturated rings. The van der Waals surface area contributed by atoms with Gasteiger partial charge in [0.15, 0.2) is 11.5 Å². The number of carbonyl (C=O) groups is 1. The van der Waals surface area contributed by atoms with Crippen molar-refractivity contribution in [3.63, 3.8) is 0 Å². The van der Waals surface area contributed by atoms with Crippen LogP contribution in [-0.4, -0.2) is 39.3 Å². The summed E-state index contributed by atoms with van der Waals surface area (Å²) in [5.74, 6) is 2.49. The number of amides is 1. The molecule has 140 valence electrons. The van der Waals surface area contributed by atoms with Crippen LogP contribution in [0.3, 0.4) is 0 Å². The van der Waals surface area contributed by atoms with Crippen molar-refractivity contribution >= 4 is 5.91 Å². The van der Waals surface area contributed by atoms with Crippen molar-refractivity contribution in [1.82, 2.24) is 10.6 Å². The summed E-state index contributed by atoms with van der Waals surface area (Å²) in [6.45, 7) is 7.87. The van der Waals surface area contributed by atoms with Crippen LogP contribution >= 0.6 is 0 Å². The maximum atomic E-state index is 12.3. The van der Waals surface area contributed by atoms with Gasteiger partial charge in [0.05, 0.1) is 13.7 Å². The van der Waals surface area contributed by atoms with E-state index in [2.05, 4.69) is 24.5 Å². The minimum absolute atomic E-state index is 0.0594. The van der Waals surface area contributed by atoms with E-state index in [1.807, 2.05) is 6.07 Å². The molecule has 1 aliphatic heterocycles. The minimum atomic E-state index is -0.0594. The lowest BCUT2D eigenvalue weighted by atomic mass is 9.96. The molecule has 1 amide bonds. The fraction of sp³-hybridized carbons (Fsp3) is 0.650. The summed E-state index contributed by atoms with van der Waals surface area (Å²) in [5.41, 5.74) is 0.606. The number of methoxy groups -OCH3 is 1. The van der Waals surface area contributed by atoms with Crippen LogP contribution in [0.4, 0.5) is 0 Å². The molecular formula is C20H32N2O3. The van der Waals surface area contributed by atoms with E-state index in [9.17, 15) is 4.79 Å². The Morgan fingerprint density at radius 2 is 2.20 bits per heavy atom. The first kappa shape index (κ1) is 19.6. The van der Waals surface area contributed by atoms with Gasteiger partial charge in [-0.15, -0.1) is 0 Å². The fourth-order valence-electron chi connectivity index (χ4n) is 2.99. The van der Waals surface area contributed by atoms with Crippen molar-refractivity contribution in [2.24, 2.45) is 11.8 Å². The second kappa shape index (κ2) is 10.3. The molecule has 2 rings (SSSR count). The van der Waals surface area contributed by atoms with Crippen molar-refractivity contribution in [2.45, 2.75) is 39.5 Å². The Balaban J connectivity index is 1.84. The first-order valence-corrected chi connectivity index (χ1v) is 9.40. The number of rotatable bonds is 9. The Kier molecular flexibility index (Phi) is 8.06. The maximum Gasteiger partial charge on any atom is 0.251 e. The second-order valence-corrected chi connectivity index (χ2v) is 7.15. The molecule has 0 aromatic heterocycles. The number of ether oxygens (including phenoxy) is 2. The Bertz CT molecular complexity index is 540. The highest BCUT2D eigenvalue weighted by atomic mass is 16.5. The quantitative estimate of drug-likeness (QED) is 0.719. The fourth-order valence-corrected chi connectivity index (χ4v) is 2.99. The van der Waals surface area contributed by atoms with Crippen LogP contribution in [0.25, 0.3) is 0 Å². The van der Waals surface area contributed by atoms with Crippen molar-refractivity contribution in [2.75, 3.05) is 33.4 Å². The molecule has 0 spiro atoms. The third-order valence-electron chi connectivity index (χ3n) is 4.62. The van der Waals surface area contributed by atoms with Crippen molar-refractivity contribution in [3.05, 3.63) is 23.8 Å². The van der Waals surface area contributed by atoms with E-state index in [1.54, 1.807) is 19.2 Å². The predicted octanol–water partition coefficient (Wildman–Crippen LogP) is 3.24. The highest BCUT2D eigenvalue weighted by molar-refractivity contribution is 5.94. The number of piperidine rings is 1. The molecule has 2 N–H and O–H groups in total. The van der Waals surface area contributed by atoms with Crippen LogP contribution in [0.15, 0.2) is 18.2 Å². The van der Waals surface area contributed by atoms with Gasteiger partial charge in [0.1, 0.15) is 0 Å². The van der Waals surface area contributed by atoms with Gasteiger partial charge in [-0.3, -0.25) is 4.79 Å². The Morgan fingerprint density at radius 1 is 1.36 bits per heavy atom. The summed E-state index contributed by atoms with van der Waals surface area (Å²) in [5, 5.41) is 6.42. The smallest absolute Gasteiger partial charge is 0.251 e. The lowest BCUT2D eigenvalue weighted by Crippen LogP contribution is -2.33. The number of hydrogen-bond donors (Lipinski definition) is 2. The molecule has 1 unspecified atom stereocenters. The van der Waals surface area contributed by atoms with Crippen LogP contribution in [0.2, 0.25) is 0 Å². The molecule has 0 radical (unpaired) electrons. The summed E-state index contributed by atoms with van der Waals surface area (Å²) in [4.78, 5) is 12.3. The Hall–Kier alpha value is -1.75. The van der Waals surface area contributed by atoms with E-state index in [0.717, 1.165) is 25.9 Å². The zero-order valence-corrected chi connectivity index (χ0v) is 15.8. The summed E-state index contributed by atoms with van der Waals surface area (Å²) < 4.78 is 11.2. The Labute approximate surface area is 151 Å². The van der Waals surface area contributed by atoms with Crippen LogP contribution in [0.1, 0.15) is 49.9 Å². The van der Waals surface area contributed by atoms with Gasteiger partial charge >= 0.3 is 0 Å². The molecule has 25 heavy (non-hydrogen) atoms. The number of benzene rings is 1. The van der Waals surface area contributed by atoms with Gasteiger partial charge in [0.2, 0.25) is 0 Å². The molecule has 5 heteroatoms. The van der Waals surface area contributed by atoms with Crippen LogP contribution < -0.4 is 20.1 Å². The predicted molar refractivity (Wildman–Crippen MR) is 100 cm³/mol. The minimum Gasteiger partial charge on any atom is -0.493 e. The summed E-state index contributed by atoms with van der Waals surface area (Å²) in [7, 11) is 1.60. The highest BCUT2D eigenvalue weighted by Crippen LogP contribution is 2.28. The summed E-state index contributed by atoms with van der Waals surface area (Å²) in [6, 6.07) is 5.37. The molecule has 1 aromatic carbocycles. The van der Waals surface area contributed by atoms with Gasteiger partial charge in [-0.25, -0.2) is 0 Å². The summed E-state index contributed by atoms with van der Waals surface area (Å²) in [6.07, 6.45) is 4.49. The SMILES string of the molecule is COc1cc(C(=O)NCCC2CCCNC2)ccc1OCCC(C)C. The average Bonchev–Trinajstić information content (AvgIpc) is 2.62. The van der Waals surface area contributed by atoms with E-state index in [-0.39, 0.29) is 5.91 Å². The molecule has 0 bridgehead atoms. The van der Waals surface area contributed by atoms with E-state index in [0.29, 0.717) is 42.0 Å². The van der Waals surface area contributed by atoms with Crippen molar-refractivity contribution < 1.29 is 14.3 Å². The van der Waals surface area contributed by atoms with E-state index in [4.69, 9.17) is 9.47 Å². The zero-order valence-electron chi connectivity index (χ0n) is 15.8. The van der Waals surface area contributed by atoms with Gasteiger partial charge in [-0.2, -0.15) is 0 Å². The van der Waals surface area contributed by atoms with Gasteiger partial charge < -0.3 is 20.1 Å². The molecule has 5 nitrogen and oxygen atoms in total. The van der Waals surface area contributed by atoms with Crippen LogP contribution in [0.5, 0.6) is 11.5 Å². The largest absolute Gasteiger partial charge is 0.493 e. The Morgan fingerprint density at radius 3 is 2.88 bits per heavy atom. The molecule has 1 aliphatic rings. The van der Waals surface area contributed by atoms with Crippen molar-refractivity contribution in [3.8, 4) is 11.5 Å². The first-order chi connectivity index (χ1) is 12.1. The molecule has 1 saturated heterocycles. The first-order valence-electron chi connectivity index (χ1n) is 9.40. The van der Waals surface area contributed by atoms with E-state index in [1.165, 1.54) is 12.8 Å². The van der Waals surface area contributed by atoms with Gasteiger partial charge in [-0.05, 0) is 68.8 Å². The van der Waals surface area contributed by atoms with Crippen LogP contribution in [-0.2, 0) is 0 Å². The molecule has 1 aromatic rings. The molecule has 1 atom stereocenters. The standard InChI is InChI=1S/C20H32N2O3/c1-15(2)9-12-25-18-7-6-17(13-19(18)24-3)20(23)22-11-8-16-5-4-10-21-14-16/h6-7,13,15-16,21H,4-5,8-12,14H2,1-3H3,(H,22,23). The van der Waals surface area contributed by atoms with E-state index < -0.39 is 0 Å². The van der Waals surface area contributed by atoms with Gasteiger partial charge in [-0.1, -0.05) is 13.8 Å². The number of carbonyl (C=O) groups excluding carboxylic acids is 1. The molecule has 0 saturated carbocycles. The van der Waals surface area contributed by atoms with Crippen LogP contribution in [0, 0.1) is 11.8 Å². The molecule has 0 aliphatic carbocycles. The highest BCUT2D eigenvalue weighted by Gasteiger charge is 2.14. The van der Waals surface area contributed by atoms with Gasteiger partial charge in [0.25, 0.3) is 5.91 Å². The molecular weight excluding hydrogens is 316 g/mol. The number of nitrogens with one attached hydrogen (secondary N) is 2. The lowest BCUT2D eigenvalue weighted by molar-refractivity contribution is 0.0950. The lowest BCUT2D eigenvalue weighted by Gasteiger charge is -2.22. The second-order valence-electron chi connectivity index (χ2n) is 7.15. The summed E-state index contributed by atoms with van der Waals surface area (Å²) >= 11 is 0.